The van der Waals surface area contributed by atoms with E-state index < -0.39 is 0 Å². The fraction of sp³-hybridized carbons (Fsp3) is 0.538. The van der Waals surface area contributed by atoms with Crippen LogP contribution in [0.1, 0.15) is 39.2 Å². The van der Waals surface area contributed by atoms with Crippen LogP contribution in [0.25, 0.3) is 0 Å². The summed E-state index contributed by atoms with van der Waals surface area (Å²) in [6, 6.07) is 8.76. The Labute approximate surface area is 93.1 Å². The largest absolute Gasteiger partial charge is 0.126 e. The Hall–Kier alpha value is -0.430. The molecule has 0 fully saturated rings. The van der Waals surface area contributed by atoms with Gasteiger partial charge in [0.25, 0.3) is 0 Å². The molecule has 1 rings (SSSR count). The smallest absolute Gasteiger partial charge is 0.00721 e. The highest BCUT2D eigenvalue weighted by atomic mass is 32.2. The molecule has 14 heavy (non-hydrogen) atoms. The lowest BCUT2D eigenvalue weighted by Crippen LogP contribution is -1.78. The molecule has 0 saturated carbocycles. The van der Waals surface area contributed by atoms with Crippen LogP contribution in [0, 0.1) is 6.92 Å². The molecule has 0 aliphatic carbocycles. The zero-order chi connectivity index (χ0) is 10.8. The average Bonchev–Trinajstić information content (AvgIpc) is 2.24. The van der Waals surface area contributed by atoms with E-state index in [2.05, 4.69) is 38.1 Å². The maximum absolute atomic E-state index is 2.23. The van der Waals surface area contributed by atoms with Gasteiger partial charge in [0.15, 0.2) is 0 Å². The molecule has 0 amide bonds. The number of hydrogen-bond acceptors (Lipinski definition) is 1. The third-order valence-corrected chi connectivity index (χ3v) is 2.89. The van der Waals surface area contributed by atoms with Crippen LogP contribution in [0.3, 0.4) is 0 Å². The van der Waals surface area contributed by atoms with Crippen molar-refractivity contribution >= 4 is 11.8 Å². The predicted octanol–water partition coefficient (Wildman–Crippen LogP) is 4.91. The lowest BCUT2D eigenvalue weighted by Gasteiger charge is -2.00. The molecule has 0 saturated heterocycles. The molecule has 0 aromatic heterocycles. The van der Waals surface area contributed by atoms with E-state index in [1.54, 1.807) is 0 Å². The van der Waals surface area contributed by atoms with E-state index in [4.69, 9.17) is 0 Å². The number of rotatable bonds is 4. The van der Waals surface area contributed by atoms with E-state index in [1.807, 2.05) is 25.6 Å². The number of unbranched alkanes of at least 4 members (excludes halogenated alkanes) is 1. The van der Waals surface area contributed by atoms with Gasteiger partial charge in [0, 0.05) is 4.90 Å². The Balaban J connectivity index is 0.000000791. The Morgan fingerprint density at radius 2 is 1.64 bits per heavy atom. The maximum atomic E-state index is 2.23. The van der Waals surface area contributed by atoms with E-state index in [0.717, 1.165) is 0 Å². The van der Waals surface area contributed by atoms with Crippen LogP contribution in [-0.2, 0) is 0 Å². The molecule has 1 heteroatoms. The molecule has 80 valence electrons. The average molecular weight is 210 g/mol. The van der Waals surface area contributed by atoms with Crippen LogP contribution < -0.4 is 0 Å². The standard InChI is InChI=1S/C11H16S.C2H6/c1-3-4-9-12-11-7-5-10(2)6-8-11;1-2/h5-8H,3-4,9H2,1-2H3;1-2H3. The van der Waals surface area contributed by atoms with Gasteiger partial charge in [-0.1, -0.05) is 44.9 Å². The van der Waals surface area contributed by atoms with Crippen molar-refractivity contribution in [3.8, 4) is 0 Å². The zero-order valence-electron chi connectivity index (χ0n) is 9.84. The Morgan fingerprint density at radius 1 is 1.07 bits per heavy atom. The van der Waals surface area contributed by atoms with Crippen molar-refractivity contribution < 1.29 is 0 Å². The van der Waals surface area contributed by atoms with Crippen LogP contribution in [-0.4, -0.2) is 5.75 Å². The van der Waals surface area contributed by atoms with Crippen molar-refractivity contribution in [2.75, 3.05) is 5.75 Å². The van der Waals surface area contributed by atoms with E-state index in [1.165, 1.54) is 29.1 Å². The first-order chi connectivity index (χ1) is 6.83. The van der Waals surface area contributed by atoms with Gasteiger partial charge in [0.2, 0.25) is 0 Å². The van der Waals surface area contributed by atoms with Gasteiger partial charge in [-0.25, -0.2) is 0 Å². The first-order valence-electron chi connectivity index (χ1n) is 5.52. The third-order valence-electron chi connectivity index (χ3n) is 1.79. The summed E-state index contributed by atoms with van der Waals surface area (Å²) in [5.41, 5.74) is 1.34. The topological polar surface area (TPSA) is 0 Å². The van der Waals surface area contributed by atoms with Gasteiger partial charge in [-0.05, 0) is 31.2 Å². The third kappa shape index (κ3) is 6.09. The minimum Gasteiger partial charge on any atom is -0.126 e. The van der Waals surface area contributed by atoms with Gasteiger partial charge in [-0.3, -0.25) is 0 Å². The lowest BCUT2D eigenvalue weighted by atomic mass is 10.2. The fourth-order valence-corrected chi connectivity index (χ4v) is 1.97. The van der Waals surface area contributed by atoms with Gasteiger partial charge >= 0.3 is 0 Å². The zero-order valence-corrected chi connectivity index (χ0v) is 10.7. The summed E-state index contributed by atoms with van der Waals surface area (Å²) in [7, 11) is 0. The van der Waals surface area contributed by atoms with Gasteiger partial charge < -0.3 is 0 Å². The van der Waals surface area contributed by atoms with Gasteiger partial charge in [0.1, 0.15) is 0 Å². The van der Waals surface area contributed by atoms with Crippen LogP contribution in [0.5, 0.6) is 0 Å². The van der Waals surface area contributed by atoms with Crippen LogP contribution >= 0.6 is 11.8 Å². The van der Waals surface area contributed by atoms with Crippen molar-refractivity contribution in [2.45, 2.75) is 45.4 Å². The maximum Gasteiger partial charge on any atom is 0.00721 e. The lowest BCUT2D eigenvalue weighted by molar-refractivity contribution is 0.896. The van der Waals surface area contributed by atoms with Crippen molar-refractivity contribution in [1.29, 1.82) is 0 Å². The summed E-state index contributed by atoms with van der Waals surface area (Å²) >= 11 is 1.95. The first-order valence-corrected chi connectivity index (χ1v) is 6.51. The number of thioether (sulfide) groups is 1. The summed E-state index contributed by atoms with van der Waals surface area (Å²) < 4.78 is 0. The first kappa shape index (κ1) is 13.6. The second-order valence-corrected chi connectivity index (χ2v) is 4.18. The summed E-state index contributed by atoms with van der Waals surface area (Å²) in [4.78, 5) is 1.40. The molecule has 0 heterocycles. The molecular weight excluding hydrogens is 188 g/mol. The summed E-state index contributed by atoms with van der Waals surface area (Å²) in [5.74, 6) is 1.25. The highest BCUT2D eigenvalue weighted by Crippen LogP contribution is 2.19. The van der Waals surface area contributed by atoms with Crippen LogP contribution in [0.2, 0.25) is 0 Å². The minimum absolute atomic E-state index is 1.25. The Kier molecular flexibility index (Phi) is 8.86. The van der Waals surface area contributed by atoms with Crippen molar-refractivity contribution in [3.63, 3.8) is 0 Å². The number of benzene rings is 1. The summed E-state index contributed by atoms with van der Waals surface area (Å²) in [5, 5.41) is 0. The molecule has 0 aliphatic heterocycles. The highest BCUT2D eigenvalue weighted by Gasteiger charge is 1.91. The van der Waals surface area contributed by atoms with Crippen molar-refractivity contribution in [2.24, 2.45) is 0 Å². The molecule has 0 nitrogen and oxygen atoms in total. The second kappa shape index (κ2) is 9.14. The molecule has 0 atom stereocenters. The molecule has 0 bridgehead atoms. The molecule has 0 N–H and O–H groups in total. The van der Waals surface area contributed by atoms with E-state index >= 15 is 0 Å². The summed E-state index contributed by atoms with van der Waals surface area (Å²) in [6.07, 6.45) is 2.61. The molecular formula is C13H22S. The van der Waals surface area contributed by atoms with Crippen LogP contribution in [0.4, 0.5) is 0 Å². The van der Waals surface area contributed by atoms with Gasteiger partial charge in [-0.2, -0.15) is 0 Å². The molecule has 0 radical (unpaired) electrons. The van der Waals surface area contributed by atoms with Gasteiger partial charge in [-0.15, -0.1) is 11.8 Å². The molecule has 1 aromatic carbocycles. The quantitative estimate of drug-likeness (QED) is 0.502. The minimum atomic E-state index is 1.25. The van der Waals surface area contributed by atoms with E-state index in [0.29, 0.717) is 0 Å². The molecule has 0 aliphatic rings. The Bertz CT molecular complexity index is 213. The number of hydrogen-bond donors (Lipinski definition) is 0. The SMILES string of the molecule is CC.CCCCSc1ccc(C)cc1. The van der Waals surface area contributed by atoms with Gasteiger partial charge in [0.05, 0.1) is 0 Å². The van der Waals surface area contributed by atoms with E-state index in [-0.39, 0.29) is 0 Å². The normalized spacial score (nSPS) is 9.14. The predicted molar refractivity (Wildman–Crippen MR) is 68.2 cm³/mol. The molecule has 0 unspecified atom stereocenters. The summed E-state index contributed by atoms with van der Waals surface area (Å²) in [6.45, 7) is 8.36. The second-order valence-electron chi connectivity index (χ2n) is 3.02. The van der Waals surface area contributed by atoms with E-state index in [9.17, 15) is 0 Å². The van der Waals surface area contributed by atoms with Crippen molar-refractivity contribution in [3.05, 3.63) is 29.8 Å². The Morgan fingerprint density at radius 3 is 2.14 bits per heavy atom. The highest BCUT2D eigenvalue weighted by molar-refractivity contribution is 7.99. The monoisotopic (exact) mass is 210 g/mol. The number of aryl methyl sites for hydroxylation is 1. The molecule has 0 spiro atoms. The van der Waals surface area contributed by atoms with Crippen molar-refractivity contribution in [1.82, 2.24) is 0 Å². The molecule has 1 aromatic rings. The fourth-order valence-electron chi connectivity index (χ4n) is 0.969. The van der Waals surface area contributed by atoms with Crippen LogP contribution in [0.15, 0.2) is 29.2 Å².